The Hall–Kier alpha value is -0.700. The highest BCUT2D eigenvalue weighted by Crippen LogP contribution is 2.24. The van der Waals surface area contributed by atoms with Gasteiger partial charge >= 0.3 is 0 Å². The van der Waals surface area contributed by atoms with Crippen LogP contribution in [0, 0.1) is 0 Å². The minimum Gasteiger partial charge on any atom is -0.318 e. The van der Waals surface area contributed by atoms with Crippen LogP contribution in [0.3, 0.4) is 0 Å². The third-order valence-corrected chi connectivity index (χ3v) is 5.01. The first kappa shape index (κ1) is 15.4. The number of likely N-dealkylation sites (N-methyl/N-ethyl adjacent to an activating group) is 1. The number of hydrogen-bond donors (Lipinski definition) is 1. The first-order valence-electron chi connectivity index (χ1n) is 5.58. The lowest BCUT2D eigenvalue weighted by Crippen LogP contribution is -2.41. The Balaban J connectivity index is 0.00000162. The number of nitrogens with zero attached hydrogens (tertiary/aromatic N) is 4. The maximum absolute atomic E-state index is 12.4. The minimum absolute atomic E-state index is 0. The minimum atomic E-state index is -3.47. The van der Waals surface area contributed by atoms with Gasteiger partial charge in [-0.1, -0.05) is 5.21 Å². The summed E-state index contributed by atoms with van der Waals surface area (Å²) in [7, 11) is -0.0516. The molecule has 0 bridgehead atoms. The van der Waals surface area contributed by atoms with E-state index >= 15 is 0 Å². The van der Waals surface area contributed by atoms with Crippen LogP contribution in [0.5, 0.6) is 0 Å². The van der Waals surface area contributed by atoms with E-state index in [2.05, 4.69) is 15.6 Å². The van der Waals surface area contributed by atoms with Crippen molar-refractivity contribution in [3.8, 4) is 0 Å². The third kappa shape index (κ3) is 2.66. The molecule has 9 heteroatoms. The van der Waals surface area contributed by atoms with Gasteiger partial charge in [-0.15, -0.1) is 17.5 Å². The van der Waals surface area contributed by atoms with Crippen LogP contribution in [0.1, 0.15) is 12.8 Å². The topological polar surface area (TPSA) is 80.1 Å². The molecule has 7 nitrogen and oxygen atoms in total. The van der Waals surface area contributed by atoms with E-state index in [1.807, 2.05) is 7.05 Å². The molecule has 1 aromatic rings. The molecular formula is C9H18ClN5O2S. The highest BCUT2D eigenvalue weighted by molar-refractivity contribution is 7.89. The molecule has 18 heavy (non-hydrogen) atoms. The molecule has 1 unspecified atom stereocenters. The molecule has 1 fully saturated rings. The summed E-state index contributed by atoms with van der Waals surface area (Å²) < 4.78 is 27.6. The molecule has 104 valence electrons. The highest BCUT2D eigenvalue weighted by Gasteiger charge is 2.36. The van der Waals surface area contributed by atoms with E-state index in [0.29, 0.717) is 13.1 Å². The van der Waals surface area contributed by atoms with Crippen LogP contribution >= 0.6 is 12.4 Å². The van der Waals surface area contributed by atoms with Crippen molar-refractivity contribution in [3.05, 3.63) is 6.20 Å². The summed E-state index contributed by atoms with van der Waals surface area (Å²) in [6.45, 7) is 1.24. The van der Waals surface area contributed by atoms with Crippen LogP contribution in [0.4, 0.5) is 0 Å². The standard InChI is InChI=1S/C9H17N5O2S.ClH/c1-10-6-8-4-3-5-14(8)17(15,16)9-7-11-12-13(9)2;/h7-8,10H,3-6H2,1-2H3;1H. The zero-order valence-corrected chi connectivity index (χ0v) is 12.0. The van der Waals surface area contributed by atoms with E-state index < -0.39 is 10.0 Å². The molecule has 0 radical (unpaired) electrons. The Morgan fingerprint density at radius 3 is 2.83 bits per heavy atom. The Morgan fingerprint density at radius 2 is 2.28 bits per heavy atom. The van der Waals surface area contributed by atoms with E-state index in [0.717, 1.165) is 12.8 Å². The van der Waals surface area contributed by atoms with E-state index in [1.54, 1.807) is 11.4 Å². The van der Waals surface area contributed by atoms with Gasteiger partial charge in [0.2, 0.25) is 0 Å². The van der Waals surface area contributed by atoms with Crippen molar-refractivity contribution in [2.75, 3.05) is 20.1 Å². The van der Waals surface area contributed by atoms with Crippen LogP contribution in [-0.4, -0.2) is 53.9 Å². The molecule has 0 aliphatic carbocycles. The Kier molecular flexibility index (Phi) is 5.09. The maximum atomic E-state index is 12.4. The van der Waals surface area contributed by atoms with Crippen molar-refractivity contribution in [2.45, 2.75) is 23.9 Å². The Bertz CT molecular complexity index is 489. The molecule has 0 amide bonds. The van der Waals surface area contributed by atoms with Gasteiger partial charge in [-0.2, -0.15) is 4.31 Å². The second-order valence-corrected chi connectivity index (χ2v) is 6.00. The molecule has 1 saturated heterocycles. The monoisotopic (exact) mass is 295 g/mol. The number of sulfonamides is 1. The normalized spacial score (nSPS) is 20.9. The van der Waals surface area contributed by atoms with Gasteiger partial charge in [-0.05, 0) is 19.9 Å². The van der Waals surface area contributed by atoms with Gasteiger partial charge in [-0.3, -0.25) is 0 Å². The lowest BCUT2D eigenvalue weighted by Gasteiger charge is -2.23. The van der Waals surface area contributed by atoms with Gasteiger partial charge in [0.15, 0.2) is 5.03 Å². The predicted octanol–water partition coefficient (Wildman–Crippen LogP) is -0.391. The van der Waals surface area contributed by atoms with Crippen LogP contribution in [-0.2, 0) is 17.1 Å². The van der Waals surface area contributed by atoms with Crippen molar-refractivity contribution >= 4 is 22.4 Å². The molecule has 0 aromatic carbocycles. The summed E-state index contributed by atoms with van der Waals surface area (Å²) in [4.78, 5) is 0. The summed E-state index contributed by atoms with van der Waals surface area (Å²) in [5.74, 6) is 0. The fourth-order valence-corrected chi connectivity index (χ4v) is 3.93. The zero-order valence-electron chi connectivity index (χ0n) is 10.4. The average molecular weight is 296 g/mol. The largest absolute Gasteiger partial charge is 0.318 e. The molecule has 1 atom stereocenters. The van der Waals surface area contributed by atoms with Crippen LogP contribution < -0.4 is 5.32 Å². The zero-order chi connectivity index (χ0) is 12.5. The van der Waals surface area contributed by atoms with Crippen LogP contribution in [0.15, 0.2) is 11.2 Å². The lowest BCUT2D eigenvalue weighted by atomic mass is 10.2. The SMILES string of the molecule is CNCC1CCCN1S(=O)(=O)c1cnnn1C.Cl. The van der Waals surface area contributed by atoms with Gasteiger partial charge in [-0.25, -0.2) is 13.1 Å². The van der Waals surface area contributed by atoms with Crippen LogP contribution in [0.2, 0.25) is 0 Å². The summed E-state index contributed by atoms with van der Waals surface area (Å²) in [6.07, 6.45) is 3.09. The summed E-state index contributed by atoms with van der Waals surface area (Å²) in [6, 6.07) is 0.0277. The van der Waals surface area contributed by atoms with Crippen molar-refractivity contribution < 1.29 is 8.42 Å². The average Bonchev–Trinajstić information content (AvgIpc) is 2.87. The Morgan fingerprint density at radius 1 is 1.56 bits per heavy atom. The summed E-state index contributed by atoms with van der Waals surface area (Å²) in [5.41, 5.74) is 0. The second-order valence-electron chi connectivity index (χ2n) is 4.17. The molecule has 0 saturated carbocycles. The van der Waals surface area contributed by atoms with Crippen molar-refractivity contribution in [1.29, 1.82) is 0 Å². The predicted molar refractivity (Wildman–Crippen MR) is 69.1 cm³/mol. The lowest BCUT2D eigenvalue weighted by molar-refractivity contribution is 0.375. The van der Waals surface area contributed by atoms with Gasteiger partial charge in [0.25, 0.3) is 10.0 Å². The molecule has 1 N–H and O–H groups in total. The maximum Gasteiger partial charge on any atom is 0.262 e. The van der Waals surface area contributed by atoms with Crippen LogP contribution in [0.25, 0.3) is 0 Å². The van der Waals surface area contributed by atoms with E-state index in [4.69, 9.17) is 0 Å². The number of aryl methyl sites for hydroxylation is 1. The quantitative estimate of drug-likeness (QED) is 0.818. The number of halogens is 1. The molecule has 1 aliphatic heterocycles. The van der Waals surface area contributed by atoms with Gasteiger partial charge in [0.1, 0.15) is 0 Å². The third-order valence-electron chi connectivity index (χ3n) is 3.01. The molecule has 1 aliphatic rings. The van der Waals surface area contributed by atoms with E-state index in [9.17, 15) is 8.42 Å². The molecule has 2 heterocycles. The smallest absolute Gasteiger partial charge is 0.262 e. The number of hydrogen-bond acceptors (Lipinski definition) is 5. The van der Waals surface area contributed by atoms with Crippen molar-refractivity contribution in [1.82, 2.24) is 24.6 Å². The fourth-order valence-electron chi connectivity index (χ4n) is 2.20. The first-order chi connectivity index (χ1) is 8.07. The van der Waals surface area contributed by atoms with Gasteiger partial charge < -0.3 is 5.32 Å². The first-order valence-corrected chi connectivity index (χ1v) is 7.02. The van der Waals surface area contributed by atoms with E-state index in [1.165, 1.54) is 10.9 Å². The fraction of sp³-hybridized carbons (Fsp3) is 0.778. The highest BCUT2D eigenvalue weighted by atomic mass is 35.5. The van der Waals surface area contributed by atoms with Crippen molar-refractivity contribution in [2.24, 2.45) is 7.05 Å². The molecule has 0 spiro atoms. The number of aromatic nitrogens is 3. The summed E-state index contributed by atoms with van der Waals surface area (Å²) in [5, 5.41) is 10.5. The Labute approximate surface area is 113 Å². The molecular weight excluding hydrogens is 278 g/mol. The number of rotatable bonds is 4. The molecule has 1 aromatic heterocycles. The van der Waals surface area contributed by atoms with Crippen molar-refractivity contribution in [3.63, 3.8) is 0 Å². The van der Waals surface area contributed by atoms with E-state index in [-0.39, 0.29) is 23.5 Å². The summed E-state index contributed by atoms with van der Waals surface area (Å²) >= 11 is 0. The molecule has 2 rings (SSSR count). The second kappa shape index (κ2) is 5.96. The number of nitrogens with one attached hydrogen (secondary N) is 1. The van der Waals surface area contributed by atoms with Gasteiger partial charge in [0.05, 0.1) is 6.20 Å². The van der Waals surface area contributed by atoms with Gasteiger partial charge in [0, 0.05) is 26.2 Å².